The number of carbonyl (C=O) groups excluding carboxylic acids is 1. The molecule has 1 aromatic heterocycles. The lowest BCUT2D eigenvalue weighted by Crippen LogP contribution is -2.49. The summed E-state index contributed by atoms with van der Waals surface area (Å²) in [5.74, 6) is -0.458. The van der Waals surface area contributed by atoms with Gasteiger partial charge in [-0.3, -0.25) is 4.79 Å². The maximum Gasteiger partial charge on any atom is 0.349 e. The minimum absolute atomic E-state index is 0.00333. The Labute approximate surface area is 123 Å². The van der Waals surface area contributed by atoms with Gasteiger partial charge >= 0.3 is 5.63 Å². The molecule has 2 aromatic rings. The van der Waals surface area contributed by atoms with E-state index < -0.39 is 11.5 Å². The zero-order chi connectivity index (χ0) is 15.6. The van der Waals surface area contributed by atoms with Crippen molar-refractivity contribution in [2.75, 3.05) is 6.54 Å². The van der Waals surface area contributed by atoms with E-state index in [0.29, 0.717) is 17.5 Å². The number of amides is 1. The zero-order valence-corrected chi connectivity index (χ0v) is 12.5. The summed E-state index contributed by atoms with van der Waals surface area (Å²) >= 11 is 0. The van der Waals surface area contributed by atoms with Crippen molar-refractivity contribution >= 4 is 16.9 Å². The molecular weight excluding hydrogens is 268 g/mol. The first-order valence-electron chi connectivity index (χ1n) is 6.87. The van der Waals surface area contributed by atoms with Crippen molar-refractivity contribution in [1.82, 2.24) is 5.32 Å². The van der Waals surface area contributed by atoms with E-state index in [2.05, 4.69) is 5.32 Å². The first kappa shape index (κ1) is 15.3. The van der Waals surface area contributed by atoms with Crippen LogP contribution in [0.15, 0.2) is 39.5 Å². The number of rotatable bonds is 3. The van der Waals surface area contributed by atoms with E-state index in [9.17, 15) is 9.59 Å². The second-order valence-electron chi connectivity index (χ2n) is 6.11. The molecule has 0 saturated heterocycles. The average Bonchev–Trinajstić information content (AvgIpc) is 2.42. The van der Waals surface area contributed by atoms with Crippen LogP contribution >= 0.6 is 0 Å². The van der Waals surface area contributed by atoms with Crippen molar-refractivity contribution in [3.8, 4) is 0 Å². The maximum atomic E-state index is 12.3. The van der Waals surface area contributed by atoms with Crippen LogP contribution in [0, 0.1) is 5.41 Å². The molecule has 5 nitrogen and oxygen atoms in total. The van der Waals surface area contributed by atoms with Gasteiger partial charge < -0.3 is 15.5 Å². The second-order valence-corrected chi connectivity index (χ2v) is 6.11. The van der Waals surface area contributed by atoms with Gasteiger partial charge in [0.2, 0.25) is 0 Å². The molecule has 21 heavy (non-hydrogen) atoms. The molecule has 1 heterocycles. The lowest BCUT2D eigenvalue weighted by Gasteiger charge is -2.30. The van der Waals surface area contributed by atoms with E-state index in [1.54, 1.807) is 24.3 Å². The van der Waals surface area contributed by atoms with E-state index in [0.717, 1.165) is 0 Å². The number of nitrogens with two attached hydrogens (primary N) is 1. The highest BCUT2D eigenvalue weighted by atomic mass is 16.4. The smallest absolute Gasteiger partial charge is 0.349 e. The van der Waals surface area contributed by atoms with E-state index in [1.807, 2.05) is 26.8 Å². The molecular formula is C16H20N2O3. The van der Waals surface area contributed by atoms with Crippen molar-refractivity contribution < 1.29 is 9.21 Å². The minimum atomic E-state index is -0.643. The minimum Gasteiger partial charge on any atom is -0.422 e. The molecule has 0 aliphatic heterocycles. The van der Waals surface area contributed by atoms with Gasteiger partial charge in [-0.15, -0.1) is 0 Å². The van der Waals surface area contributed by atoms with Gasteiger partial charge in [0.15, 0.2) is 0 Å². The Balaban J connectivity index is 2.35. The average molecular weight is 288 g/mol. The summed E-state index contributed by atoms with van der Waals surface area (Å²) in [6.45, 7) is 6.24. The van der Waals surface area contributed by atoms with E-state index >= 15 is 0 Å². The van der Waals surface area contributed by atoms with Crippen LogP contribution in [0.2, 0.25) is 0 Å². The number of hydrogen-bond acceptors (Lipinski definition) is 4. The molecule has 3 N–H and O–H groups in total. The molecule has 0 saturated carbocycles. The number of hydrogen-bond donors (Lipinski definition) is 2. The highest BCUT2D eigenvalue weighted by Crippen LogP contribution is 2.19. The summed E-state index contributed by atoms with van der Waals surface area (Å²) in [5, 5.41) is 3.51. The SMILES string of the molecule is CC(C)(C)C(CN)NC(=O)c1cc2ccccc2oc1=O. The van der Waals surface area contributed by atoms with Crippen LogP contribution in [0.5, 0.6) is 0 Å². The Hall–Kier alpha value is -2.14. The highest BCUT2D eigenvalue weighted by molar-refractivity contribution is 5.96. The van der Waals surface area contributed by atoms with Crippen molar-refractivity contribution in [3.05, 3.63) is 46.3 Å². The van der Waals surface area contributed by atoms with Gasteiger partial charge in [0, 0.05) is 18.0 Å². The molecule has 1 atom stereocenters. The monoisotopic (exact) mass is 288 g/mol. The van der Waals surface area contributed by atoms with Crippen molar-refractivity contribution in [2.24, 2.45) is 11.1 Å². The predicted octanol–water partition coefficient (Wildman–Crippen LogP) is 1.90. The van der Waals surface area contributed by atoms with Gasteiger partial charge in [0.25, 0.3) is 5.91 Å². The van der Waals surface area contributed by atoms with Gasteiger partial charge in [-0.05, 0) is 17.5 Å². The number of nitrogens with one attached hydrogen (secondary N) is 1. The van der Waals surface area contributed by atoms with Crippen LogP contribution in [0.1, 0.15) is 31.1 Å². The van der Waals surface area contributed by atoms with E-state index in [4.69, 9.17) is 10.2 Å². The van der Waals surface area contributed by atoms with Crippen molar-refractivity contribution in [3.63, 3.8) is 0 Å². The topological polar surface area (TPSA) is 85.3 Å². The van der Waals surface area contributed by atoms with Crippen molar-refractivity contribution in [1.29, 1.82) is 0 Å². The standard InChI is InChI=1S/C16H20N2O3/c1-16(2,3)13(9-17)18-14(19)11-8-10-6-4-5-7-12(10)21-15(11)20/h4-8,13H,9,17H2,1-3H3,(H,18,19). The van der Waals surface area contributed by atoms with Crippen LogP contribution < -0.4 is 16.7 Å². The van der Waals surface area contributed by atoms with Crippen LogP contribution in [-0.2, 0) is 0 Å². The molecule has 0 aliphatic carbocycles. The Kier molecular flexibility index (Phi) is 4.14. The Morgan fingerprint density at radius 2 is 2.00 bits per heavy atom. The molecule has 0 bridgehead atoms. The summed E-state index contributed by atoms with van der Waals surface area (Å²) in [5.41, 5.74) is 5.32. The molecule has 0 radical (unpaired) electrons. The van der Waals surface area contributed by atoms with Crippen LogP contribution in [-0.4, -0.2) is 18.5 Å². The molecule has 0 fully saturated rings. The zero-order valence-electron chi connectivity index (χ0n) is 12.5. The fraction of sp³-hybridized carbons (Fsp3) is 0.375. The first-order valence-corrected chi connectivity index (χ1v) is 6.87. The van der Waals surface area contributed by atoms with Crippen molar-refractivity contribution in [2.45, 2.75) is 26.8 Å². The number of benzene rings is 1. The lowest BCUT2D eigenvalue weighted by molar-refractivity contribution is 0.0902. The Morgan fingerprint density at radius 3 is 2.62 bits per heavy atom. The number of para-hydroxylation sites is 1. The third-order valence-corrected chi connectivity index (χ3v) is 3.47. The summed E-state index contributed by atoms with van der Waals surface area (Å²) in [6.07, 6.45) is 0. The lowest BCUT2D eigenvalue weighted by atomic mass is 9.86. The summed E-state index contributed by atoms with van der Waals surface area (Å²) in [6, 6.07) is 8.40. The summed E-state index contributed by atoms with van der Waals surface area (Å²) in [4.78, 5) is 24.2. The first-order chi connectivity index (χ1) is 9.82. The maximum absolute atomic E-state index is 12.3. The van der Waals surface area contributed by atoms with Gasteiger partial charge in [-0.2, -0.15) is 0 Å². The molecule has 2 rings (SSSR count). The van der Waals surface area contributed by atoms with Gasteiger partial charge in [0.05, 0.1) is 0 Å². The molecule has 0 aliphatic rings. The largest absolute Gasteiger partial charge is 0.422 e. The number of carbonyl (C=O) groups is 1. The molecule has 112 valence electrons. The van der Waals surface area contributed by atoms with E-state index in [1.165, 1.54) is 0 Å². The highest BCUT2D eigenvalue weighted by Gasteiger charge is 2.26. The molecule has 0 spiro atoms. The Bertz CT molecular complexity index is 713. The summed E-state index contributed by atoms with van der Waals surface area (Å²) < 4.78 is 5.17. The quantitative estimate of drug-likeness (QED) is 0.845. The van der Waals surface area contributed by atoms with Crippen LogP contribution in [0.25, 0.3) is 11.0 Å². The van der Waals surface area contributed by atoms with E-state index in [-0.39, 0.29) is 17.0 Å². The Morgan fingerprint density at radius 1 is 1.33 bits per heavy atom. The van der Waals surface area contributed by atoms with Gasteiger partial charge in [0.1, 0.15) is 11.1 Å². The third kappa shape index (κ3) is 3.31. The fourth-order valence-corrected chi connectivity index (χ4v) is 2.09. The van der Waals surface area contributed by atoms with Gasteiger partial charge in [-0.25, -0.2) is 4.79 Å². The normalized spacial score (nSPS) is 13.1. The van der Waals surface area contributed by atoms with Gasteiger partial charge in [-0.1, -0.05) is 39.0 Å². The number of fused-ring (bicyclic) bond motifs is 1. The fourth-order valence-electron chi connectivity index (χ4n) is 2.09. The van der Waals surface area contributed by atoms with Crippen LogP contribution in [0.4, 0.5) is 0 Å². The molecule has 1 aromatic carbocycles. The molecule has 1 unspecified atom stereocenters. The predicted molar refractivity (Wildman–Crippen MR) is 82.2 cm³/mol. The second kappa shape index (κ2) is 5.69. The molecule has 5 heteroatoms. The third-order valence-electron chi connectivity index (χ3n) is 3.47. The van der Waals surface area contributed by atoms with Crippen LogP contribution in [0.3, 0.4) is 0 Å². The summed E-state index contributed by atoms with van der Waals surface area (Å²) in [7, 11) is 0. The molecule has 1 amide bonds.